The van der Waals surface area contributed by atoms with Crippen molar-refractivity contribution in [3.8, 4) is 5.75 Å². The molecule has 17 heavy (non-hydrogen) atoms. The van der Waals surface area contributed by atoms with Crippen LogP contribution in [0.1, 0.15) is 5.56 Å². The van der Waals surface area contributed by atoms with Crippen molar-refractivity contribution in [1.29, 1.82) is 0 Å². The lowest BCUT2D eigenvalue weighted by Crippen LogP contribution is -2.39. The second-order valence-corrected chi connectivity index (χ2v) is 4.44. The highest BCUT2D eigenvalue weighted by Crippen LogP contribution is 2.30. The lowest BCUT2D eigenvalue weighted by molar-refractivity contribution is -0.0798. The summed E-state index contributed by atoms with van der Waals surface area (Å²) in [6.45, 7) is 1.16. The molecule has 0 spiro atoms. The quantitative estimate of drug-likeness (QED) is 0.278. The Labute approximate surface area is 104 Å². The van der Waals surface area contributed by atoms with Crippen LogP contribution in [0.4, 0.5) is 0 Å². The van der Waals surface area contributed by atoms with E-state index in [1.165, 1.54) is 11.8 Å². The Kier molecular flexibility index (Phi) is 3.75. The van der Waals surface area contributed by atoms with Crippen molar-refractivity contribution in [1.82, 2.24) is 0 Å². The fourth-order valence-electron chi connectivity index (χ4n) is 1.54. The maximum Gasteiger partial charge on any atom is 0.174 e. The smallest absolute Gasteiger partial charge is 0.174 e. The molecule has 0 aromatic heterocycles. The van der Waals surface area contributed by atoms with E-state index in [0.29, 0.717) is 24.5 Å². The topological polar surface area (TPSA) is 77.1 Å². The van der Waals surface area contributed by atoms with Gasteiger partial charge in [-0.1, -0.05) is 11.2 Å². The molecule has 92 valence electrons. The summed E-state index contributed by atoms with van der Waals surface area (Å²) in [4.78, 5) is 0.915. The molecular weight excluding hydrogens is 240 g/mol. The van der Waals surface area contributed by atoms with Crippen molar-refractivity contribution in [3.63, 3.8) is 0 Å². The second-order valence-electron chi connectivity index (χ2n) is 3.60. The highest BCUT2D eigenvalue weighted by molar-refractivity contribution is 7.98. The zero-order chi connectivity index (χ0) is 12.3. The van der Waals surface area contributed by atoms with Crippen LogP contribution in [0.25, 0.3) is 0 Å². The Balaban J connectivity index is 2.34. The number of ether oxygens (including phenoxy) is 2. The van der Waals surface area contributed by atoms with Crippen LogP contribution in [-0.2, 0) is 4.74 Å². The van der Waals surface area contributed by atoms with E-state index in [2.05, 4.69) is 5.16 Å². The van der Waals surface area contributed by atoms with Crippen LogP contribution in [0.3, 0.4) is 0 Å². The average Bonchev–Trinajstić information content (AvgIpc) is 2.32. The molecule has 1 heterocycles. The molecule has 0 saturated carbocycles. The summed E-state index contributed by atoms with van der Waals surface area (Å²) in [6, 6.07) is 5.60. The van der Waals surface area contributed by atoms with Crippen molar-refractivity contribution >= 4 is 17.6 Å². The van der Waals surface area contributed by atoms with Gasteiger partial charge in [0.25, 0.3) is 0 Å². The third-order valence-corrected chi connectivity index (χ3v) is 3.25. The first kappa shape index (κ1) is 12.1. The van der Waals surface area contributed by atoms with Crippen molar-refractivity contribution in [3.05, 3.63) is 23.8 Å². The van der Waals surface area contributed by atoms with E-state index in [-0.39, 0.29) is 11.9 Å². The normalized spacial score (nSPS) is 16.6. The van der Waals surface area contributed by atoms with Crippen LogP contribution in [0.5, 0.6) is 5.75 Å². The van der Waals surface area contributed by atoms with E-state index in [1.54, 1.807) is 0 Å². The molecule has 1 aromatic rings. The molecule has 1 aliphatic rings. The van der Waals surface area contributed by atoms with Gasteiger partial charge in [-0.25, -0.2) is 0 Å². The number of nitrogens with two attached hydrogens (primary N) is 1. The number of hydrogen-bond donors (Lipinski definition) is 2. The van der Waals surface area contributed by atoms with Gasteiger partial charge in [0.2, 0.25) is 0 Å². The fourth-order valence-corrected chi connectivity index (χ4v) is 2.17. The summed E-state index contributed by atoms with van der Waals surface area (Å²) in [6.07, 6.45) is 1.98. The zero-order valence-corrected chi connectivity index (χ0v) is 10.2. The van der Waals surface area contributed by atoms with Gasteiger partial charge in [-0.3, -0.25) is 0 Å². The van der Waals surface area contributed by atoms with Crippen LogP contribution < -0.4 is 10.5 Å². The van der Waals surface area contributed by atoms with Gasteiger partial charge in [-0.15, -0.1) is 11.8 Å². The Hall–Kier alpha value is -1.40. The largest absolute Gasteiger partial charge is 0.485 e. The van der Waals surface area contributed by atoms with Gasteiger partial charge < -0.3 is 20.4 Å². The number of nitrogens with zero attached hydrogens (tertiary/aromatic N) is 1. The van der Waals surface area contributed by atoms with Gasteiger partial charge in [-0.2, -0.15) is 0 Å². The minimum Gasteiger partial charge on any atom is -0.485 e. The lowest BCUT2D eigenvalue weighted by Gasteiger charge is -2.28. The van der Waals surface area contributed by atoms with E-state index in [9.17, 15) is 0 Å². The molecule has 1 aliphatic heterocycles. The number of amidine groups is 1. The van der Waals surface area contributed by atoms with Crippen LogP contribution in [-0.4, -0.2) is 36.6 Å². The third-order valence-electron chi connectivity index (χ3n) is 2.47. The fraction of sp³-hybridized carbons (Fsp3) is 0.364. The van der Waals surface area contributed by atoms with Crippen LogP contribution >= 0.6 is 11.8 Å². The molecule has 0 atom stereocenters. The molecule has 0 radical (unpaired) electrons. The summed E-state index contributed by atoms with van der Waals surface area (Å²) < 4.78 is 10.8. The van der Waals surface area contributed by atoms with Crippen LogP contribution in [0, 0.1) is 0 Å². The molecule has 1 aromatic carbocycles. The molecular formula is C11H14N2O3S. The van der Waals surface area contributed by atoms with Crippen molar-refractivity contribution in [2.24, 2.45) is 10.9 Å². The minimum absolute atomic E-state index is 0.0531. The van der Waals surface area contributed by atoms with E-state index in [4.69, 9.17) is 20.4 Å². The standard InChI is InChI=1S/C11H14N2O3S/c1-17-9-4-2-3-8(10(9)11(12)13-14)16-7-5-15-6-7/h2-4,7,14H,5-6H2,1H3,(H2,12,13). The van der Waals surface area contributed by atoms with Crippen molar-refractivity contribution in [2.45, 2.75) is 11.0 Å². The summed E-state index contributed by atoms with van der Waals surface area (Å²) in [5, 5.41) is 11.9. The van der Waals surface area contributed by atoms with Crippen molar-refractivity contribution in [2.75, 3.05) is 19.5 Å². The lowest BCUT2D eigenvalue weighted by atomic mass is 10.1. The van der Waals surface area contributed by atoms with Gasteiger partial charge in [0, 0.05) is 4.90 Å². The second kappa shape index (κ2) is 5.29. The highest BCUT2D eigenvalue weighted by atomic mass is 32.2. The van der Waals surface area contributed by atoms with Crippen LogP contribution in [0.2, 0.25) is 0 Å². The van der Waals surface area contributed by atoms with Gasteiger partial charge in [0.1, 0.15) is 11.9 Å². The number of oxime groups is 1. The summed E-state index contributed by atoms with van der Waals surface area (Å²) in [5.74, 6) is 0.686. The number of benzene rings is 1. The Bertz CT molecular complexity index is 433. The van der Waals surface area contributed by atoms with E-state index in [1.807, 2.05) is 24.5 Å². The highest BCUT2D eigenvalue weighted by Gasteiger charge is 2.23. The molecule has 6 heteroatoms. The molecule has 1 fully saturated rings. The Morgan fingerprint density at radius 2 is 2.35 bits per heavy atom. The van der Waals surface area contributed by atoms with Gasteiger partial charge in [0.15, 0.2) is 5.84 Å². The van der Waals surface area contributed by atoms with Gasteiger partial charge in [0.05, 0.1) is 18.8 Å². The first-order valence-corrected chi connectivity index (χ1v) is 6.38. The van der Waals surface area contributed by atoms with Gasteiger partial charge in [-0.05, 0) is 18.4 Å². The molecule has 3 N–H and O–H groups in total. The predicted molar refractivity (Wildman–Crippen MR) is 66.0 cm³/mol. The Morgan fingerprint density at radius 1 is 1.59 bits per heavy atom. The SMILES string of the molecule is CSc1cccc(OC2COC2)c1/C(N)=N/O. The van der Waals surface area contributed by atoms with E-state index in [0.717, 1.165) is 4.90 Å². The van der Waals surface area contributed by atoms with E-state index >= 15 is 0 Å². The summed E-state index contributed by atoms with van der Waals surface area (Å²) in [5.41, 5.74) is 6.32. The molecule has 0 amide bonds. The molecule has 5 nitrogen and oxygen atoms in total. The van der Waals surface area contributed by atoms with E-state index < -0.39 is 0 Å². The van der Waals surface area contributed by atoms with Gasteiger partial charge >= 0.3 is 0 Å². The first-order valence-electron chi connectivity index (χ1n) is 5.15. The minimum atomic E-state index is 0.0531. The molecule has 0 unspecified atom stereocenters. The van der Waals surface area contributed by atoms with Crippen LogP contribution in [0.15, 0.2) is 28.3 Å². The monoisotopic (exact) mass is 254 g/mol. The maximum absolute atomic E-state index is 8.81. The molecule has 0 aliphatic carbocycles. The number of thioether (sulfide) groups is 1. The average molecular weight is 254 g/mol. The maximum atomic E-state index is 8.81. The molecule has 2 rings (SSSR count). The Morgan fingerprint density at radius 3 is 2.88 bits per heavy atom. The molecule has 0 bridgehead atoms. The summed E-state index contributed by atoms with van der Waals surface area (Å²) >= 11 is 1.52. The van der Waals surface area contributed by atoms with Crippen molar-refractivity contribution < 1.29 is 14.7 Å². The predicted octanol–water partition coefficient (Wildman–Crippen LogP) is 1.28. The summed E-state index contributed by atoms with van der Waals surface area (Å²) in [7, 11) is 0. The third kappa shape index (κ3) is 2.48. The number of hydrogen-bond acceptors (Lipinski definition) is 5. The number of rotatable bonds is 4. The zero-order valence-electron chi connectivity index (χ0n) is 9.42. The molecule has 1 saturated heterocycles. The first-order chi connectivity index (χ1) is 8.26.